The second kappa shape index (κ2) is 16.8. The molecule has 0 unspecified atom stereocenters. The summed E-state index contributed by atoms with van der Waals surface area (Å²) in [6.45, 7) is 2.29. The quantitative estimate of drug-likeness (QED) is 0.133. The van der Waals surface area contributed by atoms with Crippen LogP contribution in [-0.2, 0) is 4.57 Å². The van der Waals surface area contributed by atoms with Crippen LogP contribution in [0.1, 0.15) is 167 Å². The van der Waals surface area contributed by atoms with Gasteiger partial charge in [0.05, 0.1) is 5.16 Å². The smallest absolute Gasteiger partial charge is 0.324 e. The molecule has 0 spiro atoms. The number of unbranched alkanes of at least 4 members (excludes halogenated alkanes) is 17. The molecule has 2 bridgehead atoms. The molecule has 196 valence electrons. The zero-order valence-corrected chi connectivity index (χ0v) is 23.0. The number of hydrogen-bond acceptors (Lipinski definition) is 1. The molecule has 2 saturated carbocycles. The van der Waals surface area contributed by atoms with Crippen molar-refractivity contribution in [2.24, 2.45) is 11.8 Å². The first-order valence-corrected chi connectivity index (χ1v) is 16.7. The molecular formula is C29H57O3P. The van der Waals surface area contributed by atoms with Crippen molar-refractivity contribution in [2.45, 2.75) is 173 Å². The SMILES string of the molecule is CCCCCCCCCCCCCCCCCCCCC1(P(=O)(O)O)C2CCCC1CCC2. The topological polar surface area (TPSA) is 57.5 Å². The first kappa shape index (κ1) is 29.4. The summed E-state index contributed by atoms with van der Waals surface area (Å²) in [6.07, 6.45) is 31.8. The summed E-state index contributed by atoms with van der Waals surface area (Å²) < 4.78 is 12.6. The summed E-state index contributed by atoms with van der Waals surface area (Å²) in [5, 5.41) is -0.668. The molecule has 4 heteroatoms. The Morgan fingerprint density at radius 3 is 1.18 bits per heavy atom. The molecule has 2 N–H and O–H groups in total. The number of fused-ring (bicyclic) bond motifs is 2. The molecule has 0 amide bonds. The number of rotatable bonds is 20. The summed E-state index contributed by atoms with van der Waals surface area (Å²) in [5.74, 6) is 0.549. The van der Waals surface area contributed by atoms with Gasteiger partial charge in [-0.05, 0) is 43.9 Å². The van der Waals surface area contributed by atoms with Gasteiger partial charge in [-0.25, -0.2) is 0 Å². The van der Waals surface area contributed by atoms with Crippen LogP contribution in [0.5, 0.6) is 0 Å². The van der Waals surface area contributed by atoms with E-state index >= 15 is 0 Å². The molecule has 0 atom stereocenters. The van der Waals surface area contributed by atoms with Crippen molar-refractivity contribution in [2.75, 3.05) is 0 Å². The van der Waals surface area contributed by atoms with Crippen LogP contribution in [0.4, 0.5) is 0 Å². The molecule has 2 rings (SSSR count). The maximum Gasteiger partial charge on any atom is 0.332 e. The van der Waals surface area contributed by atoms with E-state index in [0.717, 1.165) is 44.9 Å². The highest BCUT2D eigenvalue weighted by Crippen LogP contribution is 2.68. The second-order valence-corrected chi connectivity index (χ2v) is 13.5. The highest BCUT2D eigenvalue weighted by atomic mass is 31.2. The van der Waals surface area contributed by atoms with Crippen LogP contribution >= 0.6 is 7.60 Å². The largest absolute Gasteiger partial charge is 0.332 e. The Morgan fingerprint density at radius 1 is 0.576 bits per heavy atom. The van der Waals surface area contributed by atoms with Crippen molar-refractivity contribution in [3.63, 3.8) is 0 Å². The summed E-state index contributed by atoms with van der Waals surface area (Å²) in [7, 11) is -4.04. The van der Waals surface area contributed by atoms with Crippen molar-refractivity contribution in [1.29, 1.82) is 0 Å². The molecule has 33 heavy (non-hydrogen) atoms. The Kier molecular flexibility index (Phi) is 14.9. The molecular weight excluding hydrogens is 427 g/mol. The lowest BCUT2D eigenvalue weighted by Gasteiger charge is -2.53. The van der Waals surface area contributed by atoms with E-state index in [-0.39, 0.29) is 11.8 Å². The number of hydrogen-bond donors (Lipinski definition) is 2. The summed E-state index contributed by atoms with van der Waals surface area (Å²) in [4.78, 5) is 20.7. The van der Waals surface area contributed by atoms with Crippen LogP contribution in [0.15, 0.2) is 0 Å². The van der Waals surface area contributed by atoms with Crippen LogP contribution < -0.4 is 0 Å². The van der Waals surface area contributed by atoms with E-state index in [4.69, 9.17) is 0 Å². The van der Waals surface area contributed by atoms with E-state index in [0.29, 0.717) is 0 Å². The van der Waals surface area contributed by atoms with Crippen LogP contribution in [0.2, 0.25) is 0 Å². The van der Waals surface area contributed by atoms with Crippen molar-refractivity contribution < 1.29 is 14.4 Å². The van der Waals surface area contributed by atoms with Gasteiger partial charge >= 0.3 is 7.60 Å². The third-order valence-electron chi connectivity index (χ3n) is 9.10. The fourth-order valence-electron chi connectivity index (χ4n) is 7.18. The summed E-state index contributed by atoms with van der Waals surface area (Å²) >= 11 is 0. The highest BCUT2D eigenvalue weighted by Gasteiger charge is 2.59. The fourth-order valence-corrected chi connectivity index (χ4v) is 9.10. The van der Waals surface area contributed by atoms with E-state index in [1.165, 1.54) is 116 Å². The van der Waals surface area contributed by atoms with Crippen LogP contribution in [0.3, 0.4) is 0 Å². The Morgan fingerprint density at radius 2 is 0.879 bits per heavy atom. The first-order chi connectivity index (χ1) is 16.0. The molecule has 2 fully saturated rings. The Hall–Kier alpha value is 0.150. The van der Waals surface area contributed by atoms with Crippen molar-refractivity contribution in [3.8, 4) is 0 Å². The zero-order valence-electron chi connectivity index (χ0n) is 22.1. The Balaban J connectivity index is 1.43. The lowest BCUT2D eigenvalue weighted by molar-refractivity contribution is 0.0828. The molecule has 0 aromatic carbocycles. The predicted molar refractivity (Wildman–Crippen MR) is 143 cm³/mol. The molecule has 0 radical (unpaired) electrons. The van der Waals surface area contributed by atoms with E-state index < -0.39 is 12.8 Å². The molecule has 0 aromatic rings. The van der Waals surface area contributed by atoms with Crippen molar-refractivity contribution in [1.82, 2.24) is 0 Å². The predicted octanol–water partition coefficient (Wildman–Crippen LogP) is 9.93. The first-order valence-electron chi connectivity index (χ1n) is 15.1. The minimum absolute atomic E-state index is 0.275. The second-order valence-electron chi connectivity index (χ2n) is 11.6. The Bertz CT molecular complexity index is 507. The highest BCUT2D eigenvalue weighted by molar-refractivity contribution is 7.53. The van der Waals surface area contributed by atoms with E-state index in [9.17, 15) is 14.4 Å². The molecule has 0 aliphatic heterocycles. The molecule has 3 nitrogen and oxygen atoms in total. The molecule has 2 aliphatic rings. The minimum Gasteiger partial charge on any atom is -0.324 e. The lowest BCUT2D eigenvalue weighted by atomic mass is 9.62. The fraction of sp³-hybridized carbons (Fsp3) is 1.00. The van der Waals surface area contributed by atoms with E-state index in [2.05, 4.69) is 6.92 Å². The monoisotopic (exact) mass is 484 g/mol. The minimum atomic E-state index is -4.04. The normalized spacial score (nSPS) is 25.4. The van der Waals surface area contributed by atoms with Gasteiger partial charge in [-0.3, -0.25) is 4.57 Å². The van der Waals surface area contributed by atoms with Gasteiger partial charge in [-0.1, -0.05) is 135 Å². The van der Waals surface area contributed by atoms with Crippen molar-refractivity contribution in [3.05, 3.63) is 0 Å². The van der Waals surface area contributed by atoms with Gasteiger partial charge in [0.2, 0.25) is 0 Å². The lowest BCUT2D eigenvalue weighted by Crippen LogP contribution is -2.50. The van der Waals surface area contributed by atoms with Gasteiger partial charge < -0.3 is 9.79 Å². The Labute approximate surface area is 206 Å². The summed E-state index contributed by atoms with van der Waals surface area (Å²) in [6, 6.07) is 0. The van der Waals surface area contributed by atoms with Gasteiger partial charge in [-0.15, -0.1) is 0 Å². The van der Waals surface area contributed by atoms with Crippen LogP contribution in [0.25, 0.3) is 0 Å². The average molecular weight is 485 g/mol. The molecule has 0 saturated heterocycles. The third-order valence-corrected chi connectivity index (χ3v) is 11.1. The zero-order chi connectivity index (χ0) is 23.8. The average Bonchev–Trinajstić information content (AvgIpc) is 2.77. The maximum absolute atomic E-state index is 12.6. The summed E-state index contributed by atoms with van der Waals surface area (Å²) in [5.41, 5.74) is 0. The standard InChI is InChI=1S/C29H57O3P/c1-2-3-4-5-6-7-8-9-10-11-12-13-14-15-16-17-18-19-26-29(33(30,31)32)27-22-20-23-28(29)25-21-24-27/h27-28H,2-26H2,1H3,(H2,30,31,32). The van der Waals surface area contributed by atoms with Gasteiger partial charge in [0.1, 0.15) is 0 Å². The molecule has 0 aromatic heterocycles. The van der Waals surface area contributed by atoms with Crippen molar-refractivity contribution >= 4 is 7.60 Å². The van der Waals surface area contributed by atoms with E-state index in [1.807, 2.05) is 0 Å². The van der Waals surface area contributed by atoms with Crippen LogP contribution in [-0.4, -0.2) is 14.9 Å². The molecule has 2 aliphatic carbocycles. The van der Waals surface area contributed by atoms with Gasteiger partial charge in [0.25, 0.3) is 0 Å². The van der Waals surface area contributed by atoms with E-state index in [1.54, 1.807) is 0 Å². The van der Waals surface area contributed by atoms with Gasteiger partial charge in [-0.2, -0.15) is 0 Å². The van der Waals surface area contributed by atoms with Gasteiger partial charge in [0.15, 0.2) is 0 Å². The van der Waals surface area contributed by atoms with Crippen LogP contribution in [0, 0.1) is 11.8 Å². The van der Waals surface area contributed by atoms with Gasteiger partial charge in [0, 0.05) is 0 Å². The maximum atomic E-state index is 12.6. The molecule has 0 heterocycles. The third kappa shape index (κ3) is 9.97.